The maximum absolute atomic E-state index is 5.38. The number of ether oxygens (including phenoxy) is 1. The number of rotatable bonds is 9. The van der Waals surface area contributed by atoms with E-state index in [0.717, 1.165) is 51.3 Å². The number of morpholine rings is 1. The fraction of sp³-hybridized carbons (Fsp3) is 0.947. The quantitative estimate of drug-likeness (QED) is 0.229. The Kier molecular flexibility index (Phi) is 13.7. The number of likely N-dealkylation sites (tertiary alicyclic amines) is 1. The molecule has 0 radical (unpaired) electrons. The van der Waals surface area contributed by atoms with E-state index in [2.05, 4.69) is 32.3 Å². The predicted octanol–water partition coefficient (Wildman–Crippen LogP) is 2.00. The number of nitrogens with zero attached hydrogens (tertiary/aromatic N) is 3. The first-order valence-corrected chi connectivity index (χ1v) is 10.2. The molecular formula is C19H40IN5O. The van der Waals surface area contributed by atoms with Gasteiger partial charge in [-0.25, -0.2) is 0 Å². The maximum Gasteiger partial charge on any atom is 0.190 e. The highest BCUT2D eigenvalue weighted by Crippen LogP contribution is 2.15. The van der Waals surface area contributed by atoms with Gasteiger partial charge in [-0.2, -0.15) is 0 Å². The molecule has 6 nitrogen and oxygen atoms in total. The van der Waals surface area contributed by atoms with Gasteiger partial charge in [-0.05, 0) is 64.2 Å². The molecule has 0 spiro atoms. The molecule has 2 aliphatic rings. The van der Waals surface area contributed by atoms with Crippen molar-refractivity contribution >= 4 is 29.9 Å². The van der Waals surface area contributed by atoms with E-state index in [1.54, 1.807) is 0 Å². The Bertz CT molecular complexity index is 369. The summed E-state index contributed by atoms with van der Waals surface area (Å²) < 4.78 is 5.38. The van der Waals surface area contributed by atoms with Gasteiger partial charge in [0.05, 0.1) is 13.2 Å². The van der Waals surface area contributed by atoms with Gasteiger partial charge in [-0.15, -0.1) is 24.0 Å². The summed E-state index contributed by atoms with van der Waals surface area (Å²) in [7, 11) is 1.86. The third kappa shape index (κ3) is 10.3. The van der Waals surface area contributed by atoms with Crippen molar-refractivity contribution in [2.24, 2.45) is 10.9 Å². The van der Waals surface area contributed by atoms with Gasteiger partial charge in [-0.1, -0.05) is 6.92 Å². The highest BCUT2D eigenvalue weighted by molar-refractivity contribution is 14.0. The van der Waals surface area contributed by atoms with Crippen LogP contribution in [0.25, 0.3) is 0 Å². The molecule has 2 saturated heterocycles. The third-order valence-corrected chi connectivity index (χ3v) is 5.34. The first-order chi connectivity index (χ1) is 12.3. The molecule has 2 heterocycles. The first-order valence-electron chi connectivity index (χ1n) is 10.2. The minimum Gasteiger partial charge on any atom is -0.379 e. The van der Waals surface area contributed by atoms with Crippen LogP contribution in [0.3, 0.4) is 0 Å². The molecular weight excluding hydrogens is 441 g/mol. The fourth-order valence-corrected chi connectivity index (χ4v) is 3.51. The zero-order valence-corrected chi connectivity index (χ0v) is 19.2. The molecule has 0 saturated carbocycles. The molecule has 0 aliphatic carbocycles. The second-order valence-electron chi connectivity index (χ2n) is 7.46. The van der Waals surface area contributed by atoms with Crippen LogP contribution in [0.1, 0.15) is 39.0 Å². The Balaban J connectivity index is 0.00000338. The summed E-state index contributed by atoms with van der Waals surface area (Å²) in [6.45, 7) is 13.3. The molecule has 2 N–H and O–H groups in total. The molecule has 7 heteroatoms. The molecule has 0 amide bonds. The Morgan fingerprint density at radius 2 is 1.50 bits per heavy atom. The van der Waals surface area contributed by atoms with Crippen molar-refractivity contribution in [2.75, 3.05) is 72.6 Å². The number of unbranched alkanes of at least 4 members (excludes halogenated alkanes) is 1. The van der Waals surface area contributed by atoms with Crippen LogP contribution in [0.5, 0.6) is 0 Å². The lowest BCUT2D eigenvalue weighted by Crippen LogP contribution is -2.40. The Hall–Kier alpha value is -0.120. The molecule has 0 unspecified atom stereocenters. The van der Waals surface area contributed by atoms with Crippen LogP contribution in [0.2, 0.25) is 0 Å². The number of hydrogen-bond acceptors (Lipinski definition) is 4. The Morgan fingerprint density at radius 3 is 2.15 bits per heavy atom. The minimum absolute atomic E-state index is 0. The van der Waals surface area contributed by atoms with Crippen LogP contribution >= 0.6 is 24.0 Å². The first kappa shape index (κ1) is 23.9. The van der Waals surface area contributed by atoms with Crippen molar-refractivity contribution in [3.05, 3.63) is 0 Å². The smallest absolute Gasteiger partial charge is 0.190 e. The molecule has 0 bridgehead atoms. The van der Waals surface area contributed by atoms with Gasteiger partial charge in [0.1, 0.15) is 0 Å². The van der Waals surface area contributed by atoms with Crippen molar-refractivity contribution in [3.8, 4) is 0 Å². The molecule has 0 aromatic carbocycles. The van der Waals surface area contributed by atoms with Gasteiger partial charge in [0.2, 0.25) is 0 Å². The van der Waals surface area contributed by atoms with E-state index in [-0.39, 0.29) is 24.0 Å². The van der Waals surface area contributed by atoms with Gasteiger partial charge in [0, 0.05) is 33.2 Å². The van der Waals surface area contributed by atoms with Crippen molar-refractivity contribution in [1.29, 1.82) is 0 Å². The average Bonchev–Trinajstić information content (AvgIpc) is 2.65. The van der Waals surface area contributed by atoms with E-state index >= 15 is 0 Å². The highest BCUT2D eigenvalue weighted by atomic mass is 127. The van der Waals surface area contributed by atoms with Crippen molar-refractivity contribution < 1.29 is 4.74 Å². The lowest BCUT2D eigenvalue weighted by atomic mass is 9.99. The van der Waals surface area contributed by atoms with E-state index < -0.39 is 0 Å². The standard InChI is InChI=1S/C19H39N5O.HI/c1-18-6-12-23(13-7-18)11-5-9-22-19(20-2)21-8-3-4-10-24-14-16-25-17-15-24;/h18H,3-17H2,1-2H3,(H2,20,21,22);1H. The molecule has 154 valence electrons. The lowest BCUT2D eigenvalue weighted by molar-refractivity contribution is 0.0372. The SMILES string of the molecule is CN=C(NCCCCN1CCOCC1)NCCCN1CCC(C)CC1.I. The van der Waals surface area contributed by atoms with Gasteiger partial charge in [0.15, 0.2) is 5.96 Å². The molecule has 0 aromatic heterocycles. The third-order valence-electron chi connectivity index (χ3n) is 5.34. The Labute approximate surface area is 177 Å². The monoisotopic (exact) mass is 481 g/mol. The van der Waals surface area contributed by atoms with Gasteiger partial charge in [0.25, 0.3) is 0 Å². The zero-order chi connectivity index (χ0) is 17.7. The number of guanidine groups is 1. The maximum atomic E-state index is 5.38. The summed E-state index contributed by atoms with van der Waals surface area (Å²) in [5.41, 5.74) is 0. The highest BCUT2D eigenvalue weighted by Gasteiger charge is 2.14. The largest absolute Gasteiger partial charge is 0.379 e. The van der Waals surface area contributed by atoms with Gasteiger partial charge < -0.3 is 20.3 Å². The van der Waals surface area contributed by atoms with Crippen molar-refractivity contribution in [2.45, 2.75) is 39.0 Å². The van der Waals surface area contributed by atoms with Gasteiger partial charge in [-0.3, -0.25) is 9.89 Å². The summed E-state index contributed by atoms with van der Waals surface area (Å²) >= 11 is 0. The van der Waals surface area contributed by atoms with E-state index in [1.807, 2.05) is 7.05 Å². The molecule has 2 rings (SSSR count). The van der Waals surface area contributed by atoms with Crippen LogP contribution in [0.15, 0.2) is 4.99 Å². The number of piperidine rings is 1. The molecule has 0 atom stereocenters. The number of hydrogen-bond donors (Lipinski definition) is 2. The van der Waals surface area contributed by atoms with E-state index in [9.17, 15) is 0 Å². The molecule has 2 aliphatic heterocycles. The summed E-state index contributed by atoms with van der Waals surface area (Å²) in [5, 5.41) is 6.88. The van der Waals surface area contributed by atoms with Crippen LogP contribution in [0.4, 0.5) is 0 Å². The van der Waals surface area contributed by atoms with Gasteiger partial charge >= 0.3 is 0 Å². The number of halogens is 1. The van der Waals surface area contributed by atoms with Crippen LogP contribution in [-0.4, -0.2) is 88.4 Å². The van der Waals surface area contributed by atoms with Crippen LogP contribution in [0, 0.1) is 5.92 Å². The van der Waals surface area contributed by atoms with Crippen LogP contribution in [-0.2, 0) is 4.74 Å². The van der Waals surface area contributed by atoms with E-state index in [4.69, 9.17) is 4.74 Å². The summed E-state index contributed by atoms with van der Waals surface area (Å²) in [6.07, 6.45) is 6.33. The molecule has 26 heavy (non-hydrogen) atoms. The average molecular weight is 481 g/mol. The van der Waals surface area contributed by atoms with Crippen molar-refractivity contribution in [3.63, 3.8) is 0 Å². The molecule has 0 aromatic rings. The topological polar surface area (TPSA) is 52.1 Å². The van der Waals surface area contributed by atoms with E-state index in [1.165, 1.54) is 58.3 Å². The summed E-state index contributed by atoms with van der Waals surface area (Å²) in [6, 6.07) is 0. The normalized spacial score (nSPS) is 20.6. The summed E-state index contributed by atoms with van der Waals surface area (Å²) in [5.74, 6) is 1.86. The minimum atomic E-state index is 0. The fourth-order valence-electron chi connectivity index (χ4n) is 3.51. The second kappa shape index (κ2) is 14.9. The van der Waals surface area contributed by atoms with E-state index in [0.29, 0.717) is 0 Å². The summed E-state index contributed by atoms with van der Waals surface area (Å²) in [4.78, 5) is 9.42. The van der Waals surface area contributed by atoms with Crippen molar-refractivity contribution in [1.82, 2.24) is 20.4 Å². The second-order valence-corrected chi connectivity index (χ2v) is 7.46. The zero-order valence-electron chi connectivity index (χ0n) is 16.8. The lowest BCUT2D eigenvalue weighted by Gasteiger charge is -2.30. The number of aliphatic imine (C=N–C) groups is 1. The van der Waals surface area contributed by atoms with Crippen LogP contribution < -0.4 is 10.6 Å². The molecule has 2 fully saturated rings. The Morgan fingerprint density at radius 1 is 0.923 bits per heavy atom. The number of nitrogens with one attached hydrogen (secondary N) is 2. The predicted molar refractivity (Wildman–Crippen MR) is 121 cm³/mol.